The number of anilines is 1. The molecule has 0 atom stereocenters. The minimum atomic E-state index is -0.585. The number of urea groups is 1. The third kappa shape index (κ3) is 5.26. The highest BCUT2D eigenvalue weighted by Crippen LogP contribution is 2.24. The van der Waals surface area contributed by atoms with Gasteiger partial charge in [-0.2, -0.15) is 0 Å². The number of rotatable bonds is 5. The van der Waals surface area contributed by atoms with Gasteiger partial charge in [0.2, 0.25) is 0 Å². The van der Waals surface area contributed by atoms with Gasteiger partial charge in [0.25, 0.3) is 0 Å². The number of nitrogens with one attached hydrogen (secondary N) is 2. The van der Waals surface area contributed by atoms with Crippen molar-refractivity contribution in [3.63, 3.8) is 0 Å². The van der Waals surface area contributed by atoms with Crippen molar-refractivity contribution in [2.75, 3.05) is 5.32 Å². The number of benzene rings is 2. The standard InChI is InChI=1S/C21H24F2N2O2/c1-14-5-2-3-8-20(14)25-21(26)24-15-9-11-16(12-10-15)27-13-17-18(22)6-4-7-19(17)23/h2-8,15-16H,9-13H2,1H3,(H2,24,25,26)/t15-,16-. The summed E-state index contributed by atoms with van der Waals surface area (Å²) in [4.78, 5) is 12.2. The van der Waals surface area contributed by atoms with E-state index in [1.807, 2.05) is 31.2 Å². The quantitative estimate of drug-likeness (QED) is 0.780. The van der Waals surface area contributed by atoms with Gasteiger partial charge in [-0.05, 0) is 56.4 Å². The second kappa shape index (κ2) is 8.95. The molecule has 0 aromatic heterocycles. The van der Waals surface area contributed by atoms with Gasteiger partial charge in [0.05, 0.1) is 12.7 Å². The third-order valence-electron chi connectivity index (χ3n) is 4.93. The molecule has 2 amide bonds. The van der Waals surface area contributed by atoms with E-state index in [0.717, 1.165) is 36.9 Å². The van der Waals surface area contributed by atoms with Crippen LogP contribution in [0.3, 0.4) is 0 Å². The molecule has 1 aliphatic rings. The van der Waals surface area contributed by atoms with Gasteiger partial charge in [0.1, 0.15) is 11.6 Å². The predicted molar refractivity (Wildman–Crippen MR) is 101 cm³/mol. The molecule has 2 aromatic carbocycles. The van der Waals surface area contributed by atoms with E-state index in [2.05, 4.69) is 10.6 Å². The molecule has 1 saturated carbocycles. The zero-order valence-electron chi connectivity index (χ0n) is 15.3. The number of hydrogen-bond donors (Lipinski definition) is 2. The van der Waals surface area contributed by atoms with Crippen LogP contribution in [-0.4, -0.2) is 18.2 Å². The van der Waals surface area contributed by atoms with Gasteiger partial charge in [-0.3, -0.25) is 0 Å². The maximum absolute atomic E-state index is 13.6. The summed E-state index contributed by atoms with van der Waals surface area (Å²) in [6.07, 6.45) is 2.97. The first kappa shape index (κ1) is 19.3. The lowest BCUT2D eigenvalue weighted by molar-refractivity contribution is 0.00964. The van der Waals surface area contributed by atoms with Crippen LogP contribution in [-0.2, 0) is 11.3 Å². The van der Waals surface area contributed by atoms with Gasteiger partial charge in [-0.1, -0.05) is 24.3 Å². The van der Waals surface area contributed by atoms with Crippen molar-refractivity contribution in [3.05, 3.63) is 65.2 Å². The van der Waals surface area contributed by atoms with Crippen molar-refractivity contribution in [3.8, 4) is 0 Å². The molecule has 0 unspecified atom stereocenters. The van der Waals surface area contributed by atoms with Crippen LogP contribution < -0.4 is 10.6 Å². The Labute approximate surface area is 157 Å². The van der Waals surface area contributed by atoms with E-state index in [4.69, 9.17) is 4.74 Å². The number of halogens is 2. The molecular weight excluding hydrogens is 350 g/mol. The Bertz CT molecular complexity index is 769. The van der Waals surface area contributed by atoms with Crippen molar-refractivity contribution < 1.29 is 18.3 Å². The Morgan fingerprint density at radius 1 is 1.04 bits per heavy atom. The highest BCUT2D eigenvalue weighted by atomic mass is 19.1. The van der Waals surface area contributed by atoms with Crippen molar-refractivity contribution in [1.82, 2.24) is 5.32 Å². The van der Waals surface area contributed by atoms with Gasteiger partial charge in [-0.15, -0.1) is 0 Å². The Morgan fingerprint density at radius 2 is 1.70 bits per heavy atom. The average Bonchev–Trinajstić information content (AvgIpc) is 2.64. The first-order valence-electron chi connectivity index (χ1n) is 9.20. The molecule has 4 nitrogen and oxygen atoms in total. The van der Waals surface area contributed by atoms with Gasteiger partial charge in [0, 0.05) is 17.3 Å². The first-order valence-corrected chi connectivity index (χ1v) is 9.20. The molecule has 2 aromatic rings. The number of hydrogen-bond acceptors (Lipinski definition) is 2. The molecule has 3 rings (SSSR count). The molecule has 0 spiro atoms. The molecule has 1 aliphatic carbocycles. The SMILES string of the molecule is Cc1ccccc1NC(=O)N[C@H]1CC[C@H](OCc2c(F)cccc2F)CC1. The van der Waals surface area contributed by atoms with Crippen LogP contribution in [0.15, 0.2) is 42.5 Å². The van der Waals surface area contributed by atoms with Gasteiger partial charge in [0.15, 0.2) is 0 Å². The lowest BCUT2D eigenvalue weighted by Gasteiger charge is -2.29. The monoisotopic (exact) mass is 374 g/mol. The van der Waals surface area contributed by atoms with Crippen LogP contribution in [0.25, 0.3) is 0 Å². The van der Waals surface area contributed by atoms with Crippen LogP contribution in [0.1, 0.15) is 36.8 Å². The lowest BCUT2D eigenvalue weighted by Crippen LogP contribution is -2.41. The van der Waals surface area contributed by atoms with Crippen LogP contribution in [0.5, 0.6) is 0 Å². The summed E-state index contributed by atoms with van der Waals surface area (Å²) < 4.78 is 33.0. The molecule has 0 saturated heterocycles. The number of carbonyl (C=O) groups is 1. The maximum Gasteiger partial charge on any atom is 0.319 e. The van der Waals surface area contributed by atoms with Crippen molar-refractivity contribution in [2.45, 2.75) is 51.4 Å². The minimum absolute atomic E-state index is 0.0321. The Balaban J connectivity index is 1.42. The molecular formula is C21H24F2N2O2. The summed E-state index contributed by atoms with van der Waals surface area (Å²) in [5.41, 5.74) is 1.76. The van der Waals surface area contributed by atoms with Crippen LogP contribution >= 0.6 is 0 Å². The summed E-state index contributed by atoms with van der Waals surface area (Å²) in [6, 6.07) is 11.3. The first-order chi connectivity index (χ1) is 13.0. The average molecular weight is 374 g/mol. The summed E-state index contributed by atoms with van der Waals surface area (Å²) in [5.74, 6) is -1.17. The van der Waals surface area contributed by atoms with E-state index in [1.165, 1.54) is 18.2 Å². The number of ether oxygens (including phenoxy) is 1. The number of amides is 2. The fourth-order valence-corrected chi connectivity index (χ4v) is 3.30. The molecule has 0 heterocycles. The molecule has 6 heteroatoms. The smallest absolute Gasteiger partial charge is 0.319 e. The largest absolute Gasteiger partial charge is 0.373 e. The lowest BCUT2D eigenvalue weighted by atomic mass is 9.93. The van der Waals surface area contributed by atoms with E-state index in [9.17, 15) is 13.6 Å². The Kier molecular flexibility index (Phi) is 6.40. The minimum Gasteiger partial charge on any atom is -0.373 e. The summed E-state index contributed by atoms with van der Waals surface area (Å²) >= 11 is 0. The number of carbonyl (C=O) groups excluding carboxylic acids is 1. The molecule has 27 heavy (non-hydrogen) atoms. The predicted octanol–water partition coefficient (Wildman–Crippen LogP) is 4.92. The van der Waals surface area contributed by atoms with Crippen LogP contribution in [0, 0.1) is 18.6 Å². The Hall–Kier alpha value is -2.47. The van der Waals surface area contributed by atoms with E-state index in [-0.39, 0.29) is 30.3 Å². The highest BCUT2D eigenvalue weighted by Gasteiger charge is 2.23. The summed E-state index contributed by atoms with van der Waals surface area (Å²) in [5, 5.41) is 5.84. The van der Waals surface area contributed by atoms with Crippen molar-refractivity contribution in [1.29, 1.82) is 0 Å². The molecule has 1 fully saturated rings. The van der Waals surface area contributed by atoms with Gasteiger partial charge in [-0.25, -0.2) is 13.6 Å². The maximum atomic E-state index is 13.6. The molecule has 0 aliphatic heterocycles. The van der Waals surface area contributed by atoms with Gasteiger partial charge >= 0.3 is 6.03 Å². The molecule has 2 N–H and O–H groups in total. The van der Waals surface area contributed by atoms with E-state index >= 15 is 0 Å². The second-order valence-electron chi connectivity index (χ2n) is 6.90. The zero-order chi connectivity index (χ0) is 19.2. The van der Waals surface area contributed by atoms with Crippen LogP contribution in [0.2, 0.25) is 0 Å². The van der Waals surface area contributed by atoms with E-state index in [1.54, 1.807) is 0 Å². The van der Waals surface area contributed by atoms with Crippen LogP contribution in [0.4, 0.5) is 19.3 Å². The van der Waals surface area contributed by atoms with E-state index < -0.39 is 11.6 Å². The molecule has 0 radical (unpaired) electrons. The fourth-order valence-electron chi connectivity index (χ4n) is 3.30. The van der Waals surface area contributed by atoms with Gasteiger partial charge < -0.3 is 15.4 Å². The normalized spacial score (nSPS) is 19.5. The number of para-hydroxylation sites is 1. The van der Waals surface area contributed by atoms with Crippen molar-refractivity contribution in [2.24, 2.45) is 0 Å². The second-order valence-corrected chi connectivity index (χ2v) is 6.90. The zero-order valence-corrected chi connectivity index (χ0v) is 15.3. The third-order valence-corrected chi connectivity index (χ3v) is 4.93. The molecule has 144 valence electrons. The Morgan fingerprint density at radius 3 is 2.37 bits per heavy atom. The highest BCUT2D eigenvalue weighted by molar-refractivity contribution is 5.90. The number of aryl methyl sites for hydroxylation is 1. The van der Waals surface area contributed by atoms with Crippen molar-refractivity contribution >= 4 is 11.7 Å². The van der Waals surface area contributed by atoms with E-state index in [0.29, 0.717) is 0 Å². The summed E-state index contributed by atoms with van der Waals surface area (Å²) in [7, 11) is 0. The topological polar surface area (TPSA) is 50.4 Å². The summed E-state index contributed by atoms with van der Waals surface area (Å²) in [6.45, 7) is 1.87. The fraction of sp³-hybridized carbons (Fsp3) is 0.381. The molecule has 0 bridgehead atoms.